The molecule has 0 bridgehead atoms. The summed E-state index contributed by atoms with van der Waals surface area (Å²) in [7, 11) is 0. The molecule has 0 saturated carbocycles. The van der Waals surface area contributed by atoms with E-state index in [0.29, 0.717) is 28.2 Å². The van der Waals surface area contributed by atoms with Gasteiger partial charge in [0.15, 0.2) is 0 Å². The predicted octanol–water partition coefficient (Wildman–Crippen LogP) is 4.36. The number of benzene rings is 4. The van der Waals surface area contributed by atoms with Crippen molar-refractivity contribution in [2.24, 2.45) is 0 Å². The molecule has 8 heteroatoms. The van der Waals surface area contributed by atoms with Gasteiger partial charge in [-0.15, -0.1) is 0 Å². The van der Waals surface area contributed by atoms with Crippen LogP contribution in [0.2, 0.25) is 0 Å². The fourth-order valence-electron chi connectivity index (χ4n) is 5.73. The predicted molar refractivity (Wildman–Crippen MR) is 148 cm³/mol. The molecule has 0 fully saturated rings. The van der Waals surface area contributed by atoms with Crippen molar-refractivity contribution in [3.63, 3.8) is 0 Å². The summed E-state index contributed by atoms with van der Waals surface area (Å²) in [5.74, 6) is 0. The lowest BCUT2D eigenvalue weighted by molar-refractivity contribution is 0.282. The molecule has 0 spiro atoms. The van der Waals surface area contributed by atoms with Crippen molar-refractivity contribution in [2.45, 2.75) is 32.5 Å². The maximum atomic E-state index is 11.8. The maximum Gasteiger partial charge on any atom is 0.259 e. The van der Waals surface area contributed by atoms with Crippen LogP contribution in [0.4, 0.5) is 17.1 Å². The third-order valence-corrected chi connectivity index (χ3v) is 7.81. The Morgan fingerprint density at radius 1 is 0.811 bits per heavy atom. The van der Waals surface area contributed by atoms with Crippen LogP contribution in [0, 0.1) is 13.8 Å². The van der Waals surface area contributed by atoms with Gasteiger partial charge < -0.3 is 21.7 Å². The first-order chi connectivity index (χ1) is 17.7. The molecule has 0 aromatic heterocycles. The molecule has 0 aliphatic heterocycles. The highest BCUT2D eigenvalue weighted by molar-refractivity contribution is 7.80. The van der Waals surface area contributed by atoms with E-state index in [2.05, 4.69) is 4.72 Å². The number of aryl methyl sites for hydroxylation is 2. The van der Waals surface area contributed by atoms with Gasteiger partial charge >= 0.3 is 0 Å². The molecule has 190 valence electrons. The van der Waals surface area contributed by atoms with Crippen LogP contribution in [0.5, 0.6) is 0 Å². The maximum absolute atomic E-state index is 11.8. The number of rotatable bonds is 6. The number of nitrogen functional groups attached to an aromatic ring is 2. The van der Waals surface area contributed by atoms with E-state index in [9.17, 15) is 19.0 Å². The molecular weight excluding hydrogens is 486 g/mol. The Kier molecular flexibility index (Phi) is 6.29. The van der Waals surface area contributed by atoms with Gasteiger partial charge in [-0.1, -0.05) is 48.5 Å². The molecule has 37 heavy (non-hydrogen) atoms. The van der Waals surface area contributed by atoms with Crippen molar-refractivity contribution < 1.29 is 19.0 Å². The Balaban J connectivity index is 2.00. The summed E-state index contributed by atoms with van der Waals surface area (Å²) in [6.07, 6.45) is 0. The van der Waals surface area contributed by atoms with E-state index in [0.717, 1.165) is 44.5 Å². The topological polar surface area (TPSA) is 142 Å². The summed E-state index contributed by atoms with van der Waals surface area (Å²) in [5, 5.41) is 20.3. The van der Waals surface area contributed by atoms with Gasteiger partial charge in [0.25, 0.3) is 11.3 Å². The Labute approximate surface area is 218 Å². The van der Waals surface area contributed by atoms with E-state index >= 15 is 0 Å². The van der Waals surface area contributed by atoms with Gasteiger partial charge in [-0.25, -0.2) is 4.21 Å². The quantitative estimate of drug-likeness (QED) is 0.147. The van der Waals surface area contributed by atoms with Crippen molar-refractivity contribution in [3.05, 3.63) is 111 Å². The number of aliphatic hydroxyl groups excluding tert-OH is 2. The zero-order valence-corrected chi connectivity index (χ0v) is 21.4. The van der Waals surface area contributed by atoms with Gasteiger partial charge in [0.1, 0.15) is 0 Å². The minimum absolute atomic E-state index is 0.223. The van der Waals surface area contributed by atoms with Crippen molar-refractivity contribution in [3.8, 4) is 11.1 Å². The third kappa shape index (κ3) is 3.72. The molecule has 1 atom stereocenters. The fourth-order valence-corrected chi connectivity index (χ4v) is 6.09. The molecule has 4 aromatic rings. The fraction of sp³-hybridized carbons (Fsp3) is 0.172. The van der Waals surface area contributed by atoms with E-state index in [1.807, 2.05) is 74.5 Å². The summed E-state index contributed by atoms with van der Waals surface area (Å²) in [5.41, 5.74) is 21.5. The summed E-state index contributed by atoms with van der Waals surface area (Å²) >= 11 is -2.27. The van der Waals surface area contributed by atoms with Crippen LogP contribution < -0.4 is 16.2 Å². The van der Waals surface area contributed by atoms with Crippen molar-refractivity contribution >= 4 is 28.3 Å². The normalized spacial score (nSPS) is 14.2. The van der Waals surface area contributed by atoms with Crippen LogP contribution in [0.1, 0.15) is 44.5 Å². The molecule has 1 unspecified atom stereocenters. The number of fused-ring (bicyclic) bond motifs is 3. The van der Waals surface area contributed by atoms with Gasteiger partial charge in [0, 0.05) is 28.1 Å². The highest BCUT2D eigenvalue weighted by Gasteiger charge is 2.47. The summed E-state index contributed by atoms with van der Waals surface area (Å²) in [6.45, 7) is 3.37. The molecule has 1 aliphatic rings. The highest BCUT2D eigenvalue weighted by Crippen LogP contribution is 2.58. The van der Waals surface area contributed by atoms with Crippen LogP contribution in [-0.2, 0) is 29.9 Å². The standard InChI is InChI=1S/C29H29N3O4S/c1-16-10-20(12-18(14-33)27(16)30)29(21-11-17(2)28(31)19(13-21)15-34)23-7-4-3-6-22(23)26-24(29)8-5-9-25(26)32-37(35)36/h3-13,32-34H,14-15,30-31H2,1-2H3,(H,35,36). The lowest BCUT2D eigenvalue weighted by atomic mass is 9.66. The number of anilines is 3. The second-order valence-corrected chi connectivity index (χ2v) is 10.1. The first kappa shape index (κ1) is 25.0. The second kappa shape index (κ2) is 9.32. The number of hydrogen-bond donors (Lipinski definition) is 6. The number of hydrogen-bond acceptors (Lipinski definition) is 5. The first-order valence-electron chi connectivity index (χ1n) is 11.9. The molecule has 8 N–H and O–H groups in total. The van der Waals surface area contributed by atoms with Gasteiger partial charge in [0.05, 0.1) is 24.3 Å². The second-order valence-electron chi connectivity index (χ2n) is 9.42. The monoisotopic (exact) mass is 515 g/mol. The Morgan fingerprint density at radius 3 is 1.89 bits per heavy atom. The lowest BCUT2D eigenvalue weighted by Gasteiger charge is -2.35. The molecule has 4 aromatic carbocycles. The average molecular weight is 516 g/mol. The SMILES string of the molecule is Cc1cc(C2(c3cc(C)c(N)c(CO)c3)c3ccccc3-c3c(NS(=O)O)cccc32)cc(CO)c1N. The Bertz CT molecular complexity index is 1510. The lowest BCUT2D eigenvalue weighted by Crippen LogP contribution is -2.30. The van der Waals surface area contributed by atoms with Gasteiger partial charge in [-0.05, 0) is 71.0 Å². The average Bonchev–Trinajstić information content (AvgIpc) is 3.19. The minimum Gasteiger partial charge on any atom is -0.398 e. The zero-order chi connectivity index (χ0) is 26.5. The van der Waals surface area contributed by atoms with Crippen molar-refractivity contribution in [1.29, 1.82) is 0 Å². The van der Waals surface area contributed by atoms with Crippen molar-refractivity contribution in [1.82, 2.24) is 0 Å². The van der Waals surface area contributed by atoms with Gasteiger partial charge in [-0.3, -0.25) is 9.27 Å². The highest BCUT2D eigenvalue weighted by atomic mass is 32.2. The molecule has 0 heterocycles. The van der Waals surface area contributed by atoms with E-state index in [1.54, 1.807) is 6.07 Å². The number of aliphatic hydroxyl groups is 2. The molecule has 7 nitrogen and oxygen atoms in total. The van der Waals surface area contributed by atoms with Crippen LogP contribution in [0.3, 0.4) is 0 Å². The minimum atomic E-state index is -2.27. The molecule has 0 saturated heterocycles. The summed E-state index contributed by atoms with van der Waals surface area (Å²) in [6, 6.07) is 21.5. The largest absolute Gasteiger partial charge is 0.398 e. The van der Waals surface area contributed by atoms with Crippen LogP contribution in [0.15, 0.2) is 66.7 Å². The van der Waals surface area contributed by atoms with Gasteiger partial charge in [0.2, 0.25) is 0 Å². The van der Waals surface area contributed by atoms with Crippen LogP contribution >= 0.6 is 0 Å². The smallest absolute Gasteiger partial charge is 0.259 e. The number of nitrogens with one attached hydrogen (secondary N) is 1. The van der Waals surface area contributed by atoms with Crippen LogP contribution in [-0.4, -0.2) is 19.0 Å². The first-order valence-corrected chi connectivity index (χ1v) is 13.0. The van der Waals surface area contributed by atoms with E-state index in [4.69, 9.17) is 11.5 Å². The Hall–Kier alpha value is -3.69. The Morgan fingerprint density at radius 2 is 1.35 bits per heavy atom. The van der Waals surface area contributed by atoms with E-state index < -0.39 is 16.7 Å². The molecule has 1 aliphatic carbocycles. The van der Waals surface area contributed by atoms with E-state index in [1.165, 1.54) is 0 Å². The van der Waals surface area contributed by atoms with Gasteiger partial charge in [-0.2, -0.15) is 0 Å². The summed E-state index contributed by atoms with van der Waals surface area (Å²) in [4.78, 5) is 0. The van der Waals surface area contributed by atoms with E-state index in [-0.39, 0.29) is 13.2 Å². The molecular formula is C29H29N3O4S. The molecule has 5 rings (SSSR count). The van der Waals surface area contributed by atoms with Crippen molar-refractivity contribution in [2.75, 3.05) is 16.2 Å². The van der Waals surface area contributed by atoms with Crippen LogP contribution in [0.25, 0.3) is 11.1 Å². The zero-order valence-electron chi connectivity index (χ0n) is 20.6. The third-order valence-electron chi connectivity index (χ3n) is 7.42. The number of nitrogens with two attached hydrogens (primary N) is 2. The summed E-state index contributed by atoms with van der Waals surface area (Å²) < 4.78 is 24.2. The molecule has 0 radical (unpaired) electrons. The molecule has 0 amide bonds.